The van der Waals surface area contributed by atoms with Gasteiger partial charge in [-0.3, -0.25) is 4.79 Å². The van der Waals surface area contributed by atoms with Crippen molar-refractivity contribution in [1.29, 1.82) is 0 Å². The van der Waals surface area contributed by atoms with E-state index in [1.165, 1.54) is 11.3 Å². The number of hydrogen-bond donors (Lipinski definition) is 0. The standard InChI is InChI=1S/C31H34ClN3O2S/c1-20-9-13-24(14-10-20)35(31(36)30-29(32)25-7-5-6-8-27(25)38-30)19-23-17-21(11-15-26(23)37-4)22-12-16-28(33-18-22)34(2)3/h5-8,11-12,15-18,20,24H,9-10,13-14,19H2,1-4H3. The largest absolute Gasteiger partial charge is 0.496 e. The summed E-state index contributed by atoms with van der Waals surface area (Å²) in [6.07, 6.45) is 6.12. The second-order valence-electron chi connectivity index (χ2n) is 10.4. The zero-order valence-corrected chi connectivity index (χ0v) is 24.0. The van der Waals surface area contributed by atoms with Crippen LogP contribution in [0.15, 0.2) is 60.8 Å². The summed E-state index contributed by atoms with van der Waals surface area (Å²) in [5.41, 5.74) is 3.05. The van der Waals surface area contributed by atoms with E-state index in [1.54, 1.807) is 7.11 Å². The third kappa shape index (κ3) is 5.38. The van der Waals surface area contributed by atoms with Crippen LogP contribution >= 0.6 is 22.9 Å². The van der Waals surface area contributed by atoms with E-state index in [0.717, 1.165) is 64.0 Å². The monoisotopic (exact) mass is 547 g/mol. The van der Waals surface area contributed by atoms with Crippen molar-refractivity contribution < 1.29 is 9.53 Å². The summed E-state index contributed by atoms with van der Waals surface area (Å²) in [6, 6.07) is 18.4. The lowest BCUT2D eigenvalue weighted by atomic mass is 9.86. The molecule has 38 heavy (non-hydrogen) atoms. The molecule has 5 rings (SSSR count). The summed E-state index contributed by atoms with van der Waals surface area (Å²) in [4.78, 5) is 23.4. The van der Waals surface area contributed by atoms with Gasteiger partial charge >= 0.3 is 0 Å². The quantitative estimate of drug-likeness (QED) is 0.236. The lowest BCUT2D eigenvalue weighted by molar-refractivity contribution is 0.0597. The van der Waals surface area contributed by atoms with Gasteiger partial charge in [-0.1, -0.05) is 42.8 Å². The fraction of sp³-hybridized carbons (Fsp3) is 0.355. The fourth-order valence-corrected chi connectivity index (χ4v) is 6.76. The first-order valence-corrected chi connectivity index (χ1v) is 14.3. The summed E-state index contributed by atoms with van der Waals surface area (Å²) in [5.74, 6) is 2.37. The van der Waals surface area contributed by atoms with Gasteiger partial charge < -0.3 is 14.5 Å². The summed E-state index contributed by atoms with van der Waals surface area (Å²) in [6.45, 7) is 2.76. The Hall–Kier alpha value is -3.09. The predicted molar refractivity (Wildman–Crippen MR) is 159 cm³/mol. The number of amides is 1. The zero-order valence-electron chi connectivity index (χ0n) is 22.4. The lowest BCUT2D eigenvalue weighted by Crippen LogP contribution is -2.41. The SMILES string of the molecule is COc1ccc(-c2ccc(N(C)C)nc2)cc1CN(C(=O)c1sc2ccccc2c1Cl)C1CCC(C)CC1. The molecule has 1 saturated carbocycles. The van der Waals surface area contributed by atoms with Crippen molar-refractivity contribution >= 4 is 44.7 Å². The molecular formula is C31H34ClN3O2S. The molecule has 0 N–H and O–H groups in total. The summed E-state index contributed by atoms with van der Waals surface area (Å²) >= 11 is 8.27. The Kier molecular flexibility index (Phi) is 7.91. The van der Waals surface area contributed by atoms with Gasteiger partial charge in [0.05, 0.1) is 12.1 Å². The first kappa shape index (κ1) is 26.5. The van der Waals surface area contributed by atoms with Crippen molar-refractivity contribution in [3.05, 3.63) is 76.3 Å². The number of aromatic nitrogens is 1. The van der Waals surface area contributed by atoms with Gasteiger partial charge in [0.1, 0.15) is 16.4 Å². The third-order valence-electron chi connectivity index (χ3n) is 7.58. The first-order valence-electron chi connectivity index (χ1n) is 13.1. The highest BCUT2D eigenvalue weighted by Gasteiger charge is 2.31. The number of anilines is 1. The molecule has 0 atom stereocenters. The van der Waals surface area contributed by atoms with Gasteiger partial charge in [0.2, 0.25) is 0 Å². The van der Waals surface area contributed by atoms with Crippen LogP contribution in [-0.2, 0) is 6.54 Å². The molecule has 5 nitrogen and oxygen atoms in total. The molecule has 4 aromatic rings. The van der Waals surface area contributed by atoms with Gasteiger partial charge in [0.25, 0.3) is 5.91 Å². The molecule has 1 aliphatic carbocycles. The molecule has 2 heterocycles. The molecule has 2 aromatic heterocycles. The first-order chi connectivity index (χ1) is 18.4. The van der Waals surface area contributed by atoms with Crippen LogP contribution < -0.4 is 9.64 Å². The maximum atomic E-state index is 14.2. The number of halogens is 1. The third-order valence-corrected chi connectivity index (χ3v) is 9.24. The fourth-order valence-electron chi connectivity index (χ4n) is 5.29. The van der Waals surface area contributed by atoms with Crippen molar-refractivity contribution in [3.8, 4) is 16.9 Å². The maximum Gasteiger partial charge on any atom is 0.266 e. The smallest absolute Gasteiger partial charge is 0.266 e. The number of benzene rings is 2. The number of rotatable bonds is 7. The highest BCUT2D eigenvalue weighted by atomic mass is 35.5. The number of nitrogens with zero attached hydrogens (tertiary/aromatic N) is 3. The van der Waals surface area contributed by atoms with Crippen LogP contribution in [0.5, 0.6) is 5.75 Å². The number of carbonyl (C=O) groups excluding carboxylic acids is 1. The molecule has 0 radical (unpaired) electrons. The van der Waals surface area contributed by atoms with Gasteiger partial charge in [-0.25, -0.2) is 4.98 Å². The molecule has 0 bridgehead atoms. The number of methoxy groups -OCH3 is 1. The van der Waals surface area contributed by atoms with Crippen LogP contribution in [0.1, 0.15) is 47.8 Å². The summed E-state index contributed by atoms with van der Waals surface area (Å²) in [5, 5.41) is 1.49. The Labute approximate surface area is 234 Å². The Morgan fingerprint density at radius 1 is 1.05 bits per heavy atom. The Balaban J connectivity index is 1.51. The van der Waals surface area contributed by atoms with Crippen LogP contribution in [0.4, 0.5) is 5.82 Å². The molecule has 0 saturated heterocycles. The zero-order chi connectivity index (χ0) is 26.8. The number of thiophene rings is 1. The van der Waals surface area contributed by atoms with Crippen LogP contribution in [0, 0.1) is 5.92 Å². The van der Waals surface area contributed by atoms with Crippen LogP contribution in [0.25, 0.3) is 21.2 Å². The van der Waals surface area contributed by atoms with Crippen LogP contribution in [0.3, 0.4) is 0 Å². The van der Waals surface area contributed by atoms with Gasteiger partial charge in [0, 0.05) is 54.1 Å². The molecular weight excluding hydrogens is 514 g/mol. The molecule has 0 aliphatic heterocycles. The Morgan fingerprint density at radius 3 is 2.45 bits per heavy atom. The molecule has 2 aromatic carbocycles. The van der Waals surface area contributed by atoms with E-state index in [4.69, 9.17) is 16.3 Å². The highest BCUT2D eigenvalue weighted by Crippen LogP contribution is 2.38. The average molecular weight is 548 g/mol. The normalized spacial score (nSPS) is 17.4. The average Bonchev–Trinajstić information content (AvgIpc) is 3.28. The number of carbonyl (C=O) groups is 1. The summed E-state index contributed by atoms with van der Waals surface area (Å²) < 4.78 is 6.80. The van der Waals surface area contributed by atoms with Gasteiger partial charge in [0.15, 0.2) is 0 Å². The van der Waals surface area contributed by atoms with Crippen molar-refractivity contribution in [3.63, 3.8) is 0 Å². The van der Waals surface area contributed by atoms with Crippen molar-refractivity contribution in [2.45, 2.75) is 45.2 Å². The number of hydrogen-bond acceptors (Lipinski definition) is 5. The Bertz CT molecular complexity index is 1430. The topological polar surface area (TPSA) is 45.7 Å². The van der Waals surface area contributed by atoms with Crippen LogP contribution in [-0.4, -0.2) is 43.0 Å². The van der Waals surface area contributed by atoms with Crippen molar-refractivity contribution in [1.82, 2.24) is 9.88 Å². The van der Waals surface area contributed by atoms with Crippen molar-refractivity contribution in [2.75, 3.05) is 26.1 Å². The van der Waals surface area contributed by atoms with Crippen LogP contribution in [0.2, 0.25) is 5.02 Å². The van der Waals surface area contributed by atoms with Gasteiger partial charge in [-0.2, -0.15) is 0 Å². The number of ether oxygens (including phenoxy) is 1. The molecule has 0 spiro atoms. The second-order valence-corrected chi connectivity index (χ2v) is 11.8. The van der Waals surface area contributed by atoms with Gasteiger partial charge in [-0.15, -0.1) is 11.3 Å². The summed E-state index contributed by atoms with van der Waals surface area (Å²) in [7, 11) is 5.64. The Morgan fingerprint density at radius 2 is 1.79 bits per heavy atom. The molecule has 1 amide bonds. The van der Waals surface area contributed by atoms with E-state index in [9.17, 15) is 4.79 Å². The molecule has 1 aliphatic rings. The molecule has 1 fully saturated rings. The van der Waals surface area contributed by atoms with E-state index in [1.807, 2.05) is 72.6 Å². The van der Waals surface area contributed by atoms with Crippen molar-refractivity contribution in [2.24, 2.45) is 5.92 Å². The number of fused-ring (bicyclic) bond motifs is 1. The number of pyridine rings is 1. The molecule has 0 unspecified atom stereocenters. The van der Waals surface area contributed by atoms with Gasteiger partial charge in [-0.05, 0) is 67.5 Å². The van der Waals surface area contributed by atoms with E-state index in [2.05, 4.69) is 24.0 Å². The predicted octanol–water partition coefficient (Wildman–Crippen LogP) is 7.91. The van der Waals surface area contributed by atoms with E-state index in [0.29, 0.717) is 22.4 Å². The van der Waals surface area contributed by atoms with E-state index < -0.39 is 0 Å². The minimum Gasteiger partial charge on any atom is -0.496 e. The van der Waals surface area contributed by atoms with E-state index in [-0.39, 0.29) is 11.9 Å². The second kappa shape index (κ2) is 11.3. The minimum absolute atomic E-state index is 0.000196. The molecule has 198 valence electrons. The minimum atomic E-state index is 0.000196. The molecule has 7 heteroatoms. The van der Waals surface area contributed by atoms with E-state index >= 15 is 0 Å². The highest BCUT2D eigenvalue weighted by molar-refractivity contribution is 7.21. The lowest BCUT2D eigenvalue weighted by Gasteiger charge is -2.36. The maximum absolute atomic E-state index is 14.2.